The highest BCUT2D eigenvalue weighted by molar-refractivity contribution is 9.10. The van der Waals surface area contributed by atoms with Gasteiger partial charge in [-0.05, 0) is 21.5 Å². The van der Waals surface area contributed by atoms with Crippen LogP contribution in [0.1, 0.15) is 11.1 Å². The van der Waals surface area contributed by atoms with E-state index in [2.05, 4.69) is 27.0 Å². The van der Waals surface area contributed by atoms with E-state index in [-0.39, 0.29) is 0 Å². The Kier molecular flexibility index (Phi) is 2.76. The highest BCUT2D eigenvalue weighted by Crippen LogP contribution is 2.29. The van der Waals surface area contributed by atoms with Gasteiger partial charge in [0.1, 0.15) is 22.3 Å². The molecule has 0 saturated carbocycles. The van der Waals surface area contributed by atoms with Crippen molar-refractivity contribution in [2.24, 2.45) is 0 Å². The van der Waals surface area contributed by atoms with Gasteiger partial charge in [0.25, 0.3) is 0 Å². The van der Waals surface area contributed by atoms with Crippen LogP contribution in [0, 0.1) is 22.7 Å². The van der Waals surface area contributed by atoms with Crippen molar-refractivity contribution in [3.8, 4) is 23.4 Å². The van der Waals surface area contributed by atoms with Crippen molar-refractivity contribution in [3.63, 3.8) is 0 Å². The molecule has 3 nitrogen and oxygen atoms in total. The smallest absolute Gasteiger partial charge is 0.103 e. The molecule has 0 aliphatic heterocycles. The molecule has 0 radical (unpaired) electrons. The first-order chi connectivity index (χ1) is 7.77. The zero-order valence-electron chi connectivity index (χ0n) is 8.16. The van der Waals surface area contributed by atoms with Crippen LogP contribution in [0.5, 0.6) is 0 Å². The van der Waals surface area contributed by atoms with E-state index < -0.39 is 0 Å². The topological polar surface area (TPSA) is 63.4 Å². The van der Waals surface area contributed by atoms with Crippen molar-refractivity contribution in [2.75, 3.05) is 0 Å². The molecular weight excluding hydrogens is 266 g/mol. The van der Waals surface area contributed by atoms with E-state index in [4.69, 9.17) is 10.5 Å². The maximum absolute atomic E-state index is 9.06. The second-order valence-corrected chi connectivity index (χ2v) is 3.95. The van der Waals surface area contributed by atoms with Crippen LogP contribution in [0.2, 0.25) is 0 Å². The van der Waals surface area contributed by atoms with Crippen molar-refractivity contribution in [1.29, 1.82) is 10.5 Å². The van der Waals surface area contributed by atoms with Crippen LogP contribution in [-0.2, 0) is 0 Å². The summed E-state index contributed by atoms with van der Waals surface area (Å²) in [5, 5.41) is 18.0. The van der Waals surface area contributed by atoms with Crippen molar-refractivity contribution in [1.82, 2.24) is 4.98 Å². The number of aromatic nitrogens is 1. The Morgan fingerprint density at radius 2 is 1.62 bits per heavy atom. The number of nitriles is 2. The van der Waals surface area contributed by atoms with Crippen LogP contribution in [0.4, 0.5) is 0 Å². The number of halogens is 1. The molecule has 0 spiro atoms. The largest absolute Gasteiger partial charge is 0.347 e. The van der Waals surface area contributed by atoms with Crippen LogP contribution < -0.4 is 0 Å². The predicted octanol–water partition coefficient (Wildman–Crippen LogP) is 3.19. The van der Waals surface area contributed by atoms with Crippen molar-refractivity contribution in [3.05, 3.63) is 46.1 Å². The van der Waals surface area contributed by atoms with Gasteiger partial charge in [0, 0.05) is 0 Å². The normalized spacial score (nSPS) is 9.44. The summed E-state index contributed by atoms with van der Waals surface area (Å²) < 4.78 is 0.547. The van der Waals surface area contributed by atoms with Crippen LogP contribution in [0.15, 0.2) is 34.9 Å². The molecule has 0 aliphatic carbocycles. The minimum atomic E-state index is 0.348. The van der Waals surface area contributed by atoms with Gasteiger partial charge in [0.2, 0.25) is 0 Å². The van der Waals surface area contributed by atoms with Gasteiger partial charge >= 0.3 is 0 Å². The molecule has 4 heteroatoms. The number of rotatable bonds is 1. The molecule has 16 heavy (non-hydrogen) atoms. The average Bonchev–Trinajstić information content (AvgIpc) is 2.66. The standard InChI is InChI=1S/C12H6BrN3/c13-12-10(7-15)9(6-14)11(16-12)8-4-2-1-3-5-8/h1-5,16H. The monoisotopic (exact) mass is 271 g/mol. The van der Waals surface area contributed by atoms with Gasteiger partial charge in [-0.1, -0.05) is 30.3 Å². The molecule has 0 atom stereocenters. The highest BCUT2D eigenvalue weighted by atomic mass is 79.9. The molecule has 2 rings (SSSR count). The molecule has 0 aliphatic rings. The first kappa shape index (κ1) is 10.5. The van der Waals surface area contributed by atoms with Crippen LogP contribution in [0.3, 0.4) is 0 Å². The predicted molar refractivity (Wildman–Crippen MR) is 63.4 cm³/mol. The zero-order valence-corrected chi connectivity index (χ0v) is 9.75. The molecule has 76 valence electrons. The van der Waals surface area contributed by atoms with Crippen molar-refractivity contribution >= 4 is 15.9 Å². The summed E-state index contributed by atoms with van der Waals surface area (Å²) in [5.41, 5.74) is 2.29. The molecular formula is C12H6BrN3. The molecule has 0 fully saturated rings. The Balaban J connectivity index is 2.70. The average molecular weight is 272 g/mol. The number of hydrogen-bond acceptors (Lipinski definition) is 2. The summed E-state index contributed by atoms with van der Waals surface area (Å²) in [4.78, 5) is 3.00. The number of aromatic amines is 1. The van der Waals surface area contributed by atoms with Gasteiger partial charge in [-0.15, -0.1) is 0 Å². The Hall–Kier alpha value is -2.04. The van der Waals surface area contributed by atoms with Gasteiger partial charge in [0.05, 0.1) is 11.3 Å². The lowest BCUT2D eigenvalue weighted by Gasteiger charge is -1.97. The molecule has 0 bridgehead atoms. The summed E-state index contributed by atoms with van der Waals surface area (Å²) in [6, 6.07) is 13.5. The Morgan fingerprint density at radius 1 is 1.00 bits per heavy atom. The fourth-order valence-electron chi connectivity index (χ4n) is 1.51. The van der Waals surface area contributed by atoms with Gasteiger partial charge in [-0.25, -0.2) is 0 Å². The van der Waals surface area contributed by atoms with E-state index in [9.17, 15) is 0 Å². The first-order valence-corrected chi connectivity index (χ1v) is 5.34. The van der Waals surface area contributed by atoms with Crippen LogP contribution >= 0.6 is 15.9 Å². The van der Waals surface area contributed by atoms with E-state index >= 15 is 0 Å². The quantitative estimate of drug-likeness (QED) is 0.866. The van der Waals surface area contributed by atoms with Gasteiger partial charge < -0.3 is 4.98 Å². The van der Waals surface area contributed by atoms with E-state index in [1.807, 2.05) is 36.4 Å². The molecule has 0 saturated heterocycles. The molecule has 2 aromatic rings. The minimum Gasteiger partial charge on any atom is -0.347 e. The summed E-state index contributed by atoms with van der Waals surface area (Å²) in [6.07, 6.45) is 0. The summed E-state index contributed by atoms with van der Waals surface area (Å²) >= 11 is 3.24. The van der Waals surface area contributed by atoms with Gasteiger partial charge in [-0.3, -0.25) is 0 Å². The molecule has 1 aromatic heterocycles. The lowest BCUT2D eigenvalue weighted by atomic mass is 10.1. The van der Waals surface area contributed by atoms with Crippen molar-refractivity contribution in [2.45, 2.75) is 0 Å². The number of nitrogens with zero attached hydrogens (tertiary/aromatic N) is 2. The molecule has 0 unspecified atom stereocenters. The number of nitrogens with one attached hydrogen (secondary N) is 1. The molecule has 0 amide bonds. The molecule has 1 N–H and O–H groups in total. The van der Waals surface area contributed by atoms with E-state index in [1.165, 1.54) is 0 Å². The Morgan fingerprint density at radius 3 is 2.19 bits per heavy atom. The zero-order chi connectivity index (χ0) is 11.5. The fraction of sp³-hybridized carbons (Fsp3) is 0. The van der Waals surface area contributed by atoms with E-state index in [1.54, 1.807) is 0 Å². The molecule has 1 heterocycles. The summed E-state index contributed by atoms with van der Waals surface area (Å²) in [6.45, 7) is 0. The van der Waals surface area contributed by atoms with Gasteiger partial charge in [0.15, 0.2) is 0 Å². The fourth-order valence-corrected chi connectivity index (χ4v) is 1.99. The number of hydrogen-bond donors (Lipinski definition) is 1. The maximum Gasteiger partial charge on any atom is 0.103 e. The SMILES string of the molecule is N#Cc1c(Br)[nH]c(-c2ccccc2)c1C#N. The van der Waals surface area contributed by atoms with Gasteiger partial charge in [-0.2, -0.15) is 10.5 Å². The second kappa shape index (κ2) is 4.22. The lowest BCUT2D eigenvalue weighted by molar-refractivity contribution is 1.34. The third kappa shape index (κ3) is 1.60. The summed E-state index contributed by atoms with van der Waals surface area (Å²) in [7, 11) is 0. The summed E-state index contributed by atoms with van der Waals surface area (Å²) in [5.74, 6) is 0. The number of benzene rings is 1. The third-order valence-corrected chi connectivity index (χ3v) is 2.84. The van der Waals surface area contributed by atoms with Crippen molar-refractivity contribution < 1.29 is 0 Å². The van der Waals surface area contributed by atoms with Crippen LogP contribution in [0.25, 0.3) is 11.3 Å². The third-order valence-electron chi connectivity index (χ3n) is 2.24. The van der Waals surface area contributed by atoms with E-state index in [0.29, 0.717) is 21.4 Å². The Bertz CT molecular complexity index is 600. The Labute approximate surface area is 101 Å². The highest BCUT2D eigenvalue weighted by Gasteiger charge is 2.16. The molecule has 1 aromatic carbocycles. The minimum absolute atomic E-state index is 0.348. The number of H-pyrrole nitrogens is 1. The first-order valence-electron chi connectivity index (χ1n) is 4.55. The second-order valence-electron chi connectivity index (χ2n) is 3.15. The van der Waals surface area contributed by atoms with E-state index in [0.717, 1.165) is 5.56 Å². The van der Waals surface area contributed by atoms with Crippen LogP contribution in [-0.4, -0.2) is 4.98 Å². The lowest BCUT2D eigenvalue weighted by Crippen LogP contribution is -1.82. The maximum atomic E-state index is 9.06.